The summed E-state index contributed by atoms with van der Waals surface area (Å²) in [5.74, 6) is 0. The molecule has 0 fully saturated rings. The minimum atomic E-state index is -3.67. The third kappa shape index (κ3) is 4.15. The summed E-state index contributed by atoms with van der Waals surface area (Å²) < 4.78 is 23.8. The van der Waals surface area contributed by atoms with Gasteiger partial charge in [-0.05, 0) is 25.5 Å². The Morgan fingerprint density at radius 3 is 2.33 bits per heavy atom. The Labute approximate surface area is 117 Å². The van der Waals surface area contributed by atoms with E-state index in [1.165, 1.54) is 12.1 Å². The monoisotopic (exact) mass is 308 g/mol. The Hall–Kier alpha value is -0.780. The molecule has 1 aromatic carbocycles. The molecule has 0 aliphatic rings. The van der Waals surface area contributed by atoms with E-state index in [9.17, 15) is 8.42 Å². The maximum absolute atomic E-state index is 11.9. The van der Waals surface area contributed by atoms with Crippen molar-refractivity contribution < 1.29 is 8.42 Å². The Kier molecular flexibility index (Phi) is 5.44. The van der Waals surface area contributed by atoms with Crippen LogP contribution in [0.15, 0.2) is 34.3 Å². The highest BCUT2D eigenvalue weighted by Crippen LogP contribution is 2.11. The molecule has 0 aliphatic carbocycles. The fraction of sp³-hybridized carbons (Fsp3) is 0.364. The number of benzene rings is 1. The van der Waals surface area contributed by atoms with Gasteiger partial charge in [0.1, 0.15) is 4.84 Å². The van der Waals surface area contributed by atoms with Crippen molar-refractivity contribution >= 4 is 38.9 Å². The summed E-state index contributed by atoms with van der Waals surface area (Å²) in [5, 5.41) is 3.73. The first kappa shape index (κ1) is 15.3. The lowest BCUT2D eigenvalue weighted by molar-refractivity contribution is 0.584. The molecule has 0 heterocycles. The van der Waals surface area contributed by atoms with Crippen LogP contribution in [0, 0.1) is 6.92 Å². The molecule has 4 nitrogen and oxygen atoms in total. The molecule has 18 heavy (non-hydrogen) atoms. The quantitative estimate of drug-likeness (QED) is 0.516. The third-order valence-electron chi connectivity index (χ3n) is 2.25. The molecule has 0 aromatic heterocycles. The number of hydrogen-bond donors (Lipinski definition) is 1. The smallest absolute Gasteiger partial charge is 0.200 e. The molecule has 0 bridgehead atoms. The highest BCUT2D eigenvalue weighted by molar-refractivity contribution is 7.89. The van der Waals surface area contributed by atoms with Gasteiger partial charge in [0, 0.05) is 0 Å². The predicted octanol–water partition coefficient (Wildman–Crippen LogP) is 2.84. The van der Waals surface area contributed by atoms with Gasteiger partial charge in [-0.2, -0.15) is 13.5 Å². The molecule has 0 atom stereocenters. The number of rotatable bonds is 5. The molecule has 1 rings (SSSR count). The van der Waals surface area contributed by atoms with Crippen LogP contribution in [0.2, 0.25) is 0 Å². The molecule has 0 unspecified atom stereocenters. The van der Waals surface area contributed by atoms with Gasteiger partial charge in [-0.1, -0.05) is 47.8 Å². The van der Waals surface area contributed by atoms with Gasteiger partial charge < -0.3 is 0 Å². The lowest BCUT2D eigenvalue weighted by Gasteiger charge is -2.07. The Bertz CT molecular complexity index is 524. The zero-order chi connectivity index (χ0) is 13.8. The number of hydrazone groups is 1. The molecule has 0 spiro atoms. The van der Waals surface area contributed by atoms with Crippen LogP contribution in [-0.2, 0) is 10.0 Å². The van der Waals surface area contributed by atoms with Crippen LogP contribution in [0.3, 0.4) is 0 Å². The first-order chi connectivity index (χ1) is 8.36. The van der Waals surface area contributed by atoms with Crippen LogP contribution in [0.25, 0.3) is 0 Å². The number of aryl methyl sites for hydroxylation is 1. The van der Waals surface area contributed by atoms with E-state index in [1.54, 1.807) is 19.1 Å². The minimum Gasteiger partial charge on any atom is -0.200 e. The van der Waals surface area contributed by atoms with Crippen molar-refractivity contribution in [3.63, 3.8) is 0 Å². The topological polar surface area (TPSA) is 58.5 Å². The molecule has 0 aliphatic heterocycles. The van der Waals surface area contributed by atoms with E-state index in [-0.39, 0.29) is 4.90 Å². The van der Waals surface area contributed by atoms with E-state index in [2.05, 4.69) is 9.93 Å². The number of nitrogens with zero attached hydrogens (tertiary/aromatic N) is 1. The van der Waals surface area contributed by atoms with Crippen LogP contribution in [0.1, 0.15) is 18.9 Å². The van der Waals surface area contributed by atoms with E-state index in [0.29, 0.717) is 12.1 Å². The van der Waals surface area contributed by atoms with Crippen LogP contribution >= 0.6 is 23.2 Å². The molecule has 0 saturated carbocycles. The van der Waals surface area contributed by atoms with Crippen LogP contribution in [0.5, 0.6) is 0 Å². The molecule has 1 N–H and O–H groups in total. The lowest BCUT2D eigenvalue weighted by atomic mass is 10.2. The van der Waals surface area contributed by atoms with E-state index < -0.39 is 14.9 Å². The zero-order valence-corrected chi connectivity index (χ0v) is 12.4. The van der Waals surface area contributed by atoms with Gasteiger partial charge >= 0.3 is 0 Å². The number of alkyl halides is 2. The van der Waals surface area contributed by atoms with E-state index >= 15 is 0 Å². The van der Waals surface area contributed by atoms with Gasteiger partial charge in [-0.25, -0.2) is 4.83 Å². The summed E-state index contributed by atoms with van der Waals surface area (Å²) in [6.07, 6.45) is 0.466. The molecular weight excluding hydrogens is 295 g/mol. The van der Waals surface area contributed by atoms with Gasteiger partial charge in [0.15, 0.2) is 0 Å². The summed E-state index contributed by atoms with van der Waals surface area (Å²) in [6, 6.07) is 6.45. The summed E-state index contributed by atoms with van der Waals surface area (Å²) in [6.45, 7) is 3.67. The summed E-state index contributed by atoms with van der Waals surface area (Å²) >= 11 is 11.3. The van der Waals surface area contributed by atoms with Gasteiger partial charge in [0.25, 0.3) is 10.0 Å². The standard InChI is InChI=1S/C11H14Cl2N2O2S/c1-3-10(11(12)13)14-15-18(16,17)9-6-4-8(2)5-7-9/h4-7,11,15H,3H2,1-2H3. The largest absolute Gasteiger partial charge is 0.276 e. The van der Waals surface area contributed by atoms with E-state index in [1.807, 2.05) is 6.92 Å². The second-order valence-electron chi connectivity index (χ2n) is 3.67. The summed E-state index contributed by atoms with van der Waals surface area (Å²) in [4.78, 5) is 1.44. The van der Waals surface area contributed by atoms with Gasteiger partial charge in [-0.3, -0.25) is 0 Å². The molecule has 1 aromatic rings. The second-order valence-corrected chi connectivity index (χ2v) is 6.42. The molecule has 0 amide bonds. The maximum atomic E-state index is 11.9. The fourth-order valence-corrected chi connectivity index (χ4v) is 2.41. The number of sulfonamides is 1. The van der Waals surface area contributed by atoms with Gasteiger partial charge in [-0.15, -0.1) is 0 Å². The Balaban J connectivity index is 2.92. The summed E-state index contributed by atoms with van der Waals surface area (Å²) in [7, 11) is -3.67. The first-order valence-electron chi connectivity index (χ1n) is 5.30. The highest BCUT2D eigenvalue weighted by Gasteiger charge is 2.14. The van der Waals surface area contributed by atoms with Crippen molar-refractivity contribution in [2.45, 2.75) is 30.0 Å². The lowest BCUT2D eigenvalue weighted by Crippen LogP contribution is -2.22. The van der Waals surface area contributed by atoms with Crippen LogP contribution < -0.4 is 4.83 Å². The second kappa shape index (κ2) is 6.41. The van der Waals surface area contributed by atoms with Crippen molar-refractivity contribution in [3.8, 4) is 0 Å². The zero-order valence-electron chi connectivity index (χ0n) is 10.0. The predicted molar refractivity (Wildman–Crippen MR) is 74.7 cm³/mol. The van der Waals surface area contributed by atoms with Crippen LogP contribution in [0.4, 0.5) is 0 Å². The first-order valence-corrected chi connectivity index (χ1v) is 7.65. The molecule has 0 radical (unpaired) electrons. The number of hydrogen-bond acceptors (Lipinski definition) is 3. The van der Waals surface area contributed by atoms with Crippen molar-refractivity contribution in [3.05, 3.63) is 29.8 Å². The highest BCUT2D eigenvalue weighted by atomic mass is 35.5. The molecule has 0 saturated heterocycles. The number of nitrogens with one attached hydrogen (secondary N) is 1. The molecule has 7 heteroatoms. The average Bonchev–Trinajstić information content (AvgIpc) is 2.29. The Morgan fingerprint density at radius 1 is 1.33 bits per heavy atom. The fourth-order valence-electron chi connectivity index (χ4n) is 1.17. The van der Waals surface area contributed by atoms with E-state index in [4.69, 9.17) is 23.2 Å². The average molecular weight is 309 g/mol. The Morgan fingerprint density at radius 2 is 1.89 bits per heavy atom. The van der Waals surface area contributed by atoms with Crippen LogP contribution in [-0.4, -0.2) is 19.0 Å². The maximum Gasteiger partial charge on any atom is 0.276 e. The minimum absolute atomic E-state index is 0.146. The number of halogens is 2. The van der Waals surface area contributed by atoms with Gasteiger partial charge in [0.05, 0.1) is 10.6 Å². The van der Waals surface area contributed by atoms with Crippen molar-refractivity contribution in [1.82, 2.24) is 4.83 Å². The van der Waals surface area contributed by atoms with Crippen molar-refractivity contribution in [1.29, 1.82) is 0 Å². The third-order valence-corrected chi connectivity index (χ3v) is 3.98. The normalized spacial score (nSPS) is 12.8. The van der Waals surface area contributed by atoms with Crippen molar-refractivity contribution in [2.24, 2.45) is 5.10 Å². The van der Waals surface area contributed by atoms with Crippen molar-refractivity contribution in [2.75, 3.05) is 0 Å². The van der Waals surface area contributed by atoms with Gasteiger partial charge in [0.2, 0.25) is 0 Å². The summed E-state index contributed by atoms with van der Waals surface area (Å²) in [5.41, 5.74) is 1.35. The molecule has 100 valence electrons. The molecular formula is C11H14Cl2N2O2S. The van der Waals surface area contributed by atoms with E-state index in [0.717, 1.165) is 5.56 Å². The SMILES string of the molecule is CCC(=NNS(=O)(=O)c1ccc(C)cc1)C(Cl)Cl.